The summed E-state index contributed by atoms with van der Waals surface area (Å²) in [4.78, 5) is 13.2. The van der Waals surface area contributed by atoms with Crippen molar-refractivity contribution in [2.45, 2.75) is 0 Å². The van der Waals surface area contributed by atoms with Gasteiger partial charge < -0.3 is 5.73 Å². The molecule has 0 saturated heterocycles. The summed E-state index contributed by atoms with van der Waals surface area (Å²) in [5, 5.41) is 0.390. The summed E-state index contributed by atoms with van der Waals surface area (Å²) in [5.74, 6) is 0. The van der Waals surface area contributed by atoms with Crippen LogP contribution in [0.5, 0.6) is 0 Å². The number of nitrogen functional groups attached to an aromatic ring is 1. The Balaban J connectivity index is 3.14. The molecule has 0 aromatic heterocycles. The van der Waals surface area contributed by atoms with Crippen molar-refractivity contribution < 1.29 is 4.79 Å². The largest absolute Gasteiger partial charge is 0.398 e. The van der Waals surface area contributed by atoms with E-state index in [1.54, 1.807) is 12.1 Å². The molecule has 0 heterocycles. The first-order chi connectivity index (χ1) is 5.24. The molecule has 0 saturated carbocycles. The summed E-state index contributed by atoms with van der Waals surface area (Å²) >= 11 is 5.63. The Hall–Kier alpha value is -1.31. The maximum atomic E-state index is 9.80. The lowest BCUT2D eigenvalue weighted by atomic mass is 10.3. The van der Waals surface area contributed by atoms with E-state index >= 15 is 0 Å². The normalized spacial score (nSPS) is 8.82. The highest BCUT2D eigenvalue weighted by Gasteiger charge is 1.95. The average molecular weight is 169 g/mol. The third-order valence-corrected chi connectivity index (χ3v) is 1.49. The number of nitrogens with two attached hydrogens (primary N) is 1. The number of hydrogen-bond donors (Lipinski definition) is 1. The van der Waals surface area contributed by atoms with Crippen LogP contribution in [0.4, 0.5) is 11.4 Å². The third-order valence-electron chi connectivity index (χ3n) is 1.16. The van der Waals surface area contributed by atoms with E-state index in [1.165, 1.54) is 12.1 Å². The Morgan fingerprint density at radius 3 is 2.82 bits per heavy atom. The zero-order valence-corrected chi connectivity index (χ0v) is 6.30. The molecule has 1 rings (SSSR count). The van der Waals surface area contributed by atoms with Gasteiger partial charge in [0.2, 0.25) is 6.08 Å². The van der Waals surface area contributed by atoms with Gasteiger partial charge in [0.15, 0.2) is 0 Å². The Kier molecular flexibility index (Phi) is 2.26. The Morgan fingerprint density at radius 1 is 1.55 bits per heavy atom. The van der Waals surface area contributed by atoms with Crippen LogP contribution in [0.2, 0.25) is 5.02 Å². The van der Waals surface area contributed by atoms with Gasteiger partial charge in [0.05, 0.1) is 16.4 Å². The molecule has 0 spiro atoms. The SMILES string of the molecule is Nc1ccc(N=C=O)cc1Cl. The molecule has 11 heavy (non-hydrogen) atoms. The number of benzene rings is 1. The average Bonchev–Trinajstić information content (AvgIpc) is 1.98. The lowest BCUT2D eigenvalue weighted by Gasteiger charge is -1.95. The van der Waals surface area contributed by atoms with Gasteiger partial charge in [-0.15, -0.1) is 0 Å². The second-order valence-electron chi connectivity index (χ2n) is 1.91. The van der Waals surface area contributed by atoms with Gasteiger partial charge in [-0.25, -0.2) is 4.79 Å². The van der Waals surface area contributed by atoms with Crippen molar-refractivity contribution in [3.05, 3.63) is 23.2 Å². The van der Waals surface area contributed by atoms with Gasteiger partial charge in [-0.3, -0.25) is 0 Å². The third kappa shape index (κ3) is 1.80. The van der Waals surface area contributed by atoms with Crippen LogP contribution in [0.3, 0.4) is 0 Å². The summed E-state index contributed by atoms with van der Waals surface area (Å²) < 4.78 is 0. The fourth-order valence-electron chi connectivity index (χ4n) is 0.638. The first-order valence-electron chi connectivity index (χ1n) is 2.87. The second-order valence-corrected chi connectivity index (χ2v) is 2.32. The molecule has 56 valence electrons. The van der Waals surface area contributed by atoms with E-state index in [9.17, 15) is 4.79 Å². The van der Waals surface area contributed by atoms with Crippen LogP contribution < -0.4 is 5.73 Å². The smallest absolute Gasteiger partial charge is 0.240 e. The molecule has 0 aliphatic rings. The van der Waals surface area contributed by atoms with Crippen molar-refractivity contribution in [1.29, 1.82) is 0 Å². The minimum absolute atomic E-state index is 0.390. The fraction of sp³-hybridized carbons (Fsp3) is 0. The molecule has 0 aliphatic carbocycles. The van der Waals surface area contributed by atoms with Crippen LogP contribution in [0.15, 0.2) is 23.2 Å². The summed E-state index contributed by atoms with van der Waals surface area (Å²) in [6.45, 7) is 0. The van der Waals surface area contributed by atoms with Gasteiger partial charge in [-0.1, -0.05) is 11.6 Å². The van der Waals surface area contributed by atoms with Crippen LogP contribution in [0.1, 0.15) is 0 Å². The molecule has 1 aromatic rings. The maximum Gasteiger partial charge on any atom is 0.240 e. The van der Waals surface area contributed by atoms with Crippen molar-refractivity contribution in [3.63, 3.8) is 0 Å². The van der Waals surface area contributed by atoms with Gasteiger partial charge in [0.25, 0.3) is 0 Å². The topological polar surface area (TPSA) is 55.4 Å². The summed E-state index contributed by atoms with van der Waals surface area (Å²) in [6, 6.07) is 4.67. The molecule has 3 nitrogen and oxygen atoms in total. The van der Waals surface area contributed by atoms with E-state index in [1.807, 2.05) is 0 Å². The van der Waals surface area contributed by atoms with Crippen molar-refractivity contribution in [3.8, 4) is 0 Å². The fourth-order valence-corrected chi connectivity index (χ4v) is 0.813. The van der Waals surface area contributed by atoms with E-state index in [-0.39, 0.29) is 0 Å². The van der Waals surface area contributed by atoms with Crippen molar-refractivity contribution >= 4 is 29.1 Å². The van der Waals surface area contributed by atoms with E-state index in [2.05, 4.69) is 4.99 Å². The predicted molar refractivity (Wildman–Crippen MR) is 43.6 cm³/mol. The number of hydrogen-bond acceptors (Lipinski definition) is 3. The van der Waals surface area contributed by atoms with Gasteiger partial charge in [-0.2, -0.15) is 4.99 Å². The minimum atomic E-state index is 0.390. The van der Waals surface area contributed by atoms with Crippen molar-refractivity contribution in [2.24, 2.45) is 4.99 Å². The predicted octanol–water partition coefficient (Wildman–Crippen LogP) is 1.89. The Morgan fingerprint density at radius 2 is 2.27 bits per heavy atom. The molecule has 0 atom stereocenters. The van der Waals surface area contributed by atoms with Gasteiger partial charge in [0.1, 0.15) is 0 Å². The molecular weight excluding hydrogens is 164 g/mol. The monoisotopic (exact) mass is 168 g/mol. The molecule has 0 aliphatic heterocycles. The van der Waals surface area contributed by atoms with Crippen LogP contribution in [-0.2, 0) is 4.79 Å². The standard InChI is InChI=1S/C7H5ClN2O/c8-6-3-5(10-4-11)1-2-7(6)9/h1-3H,9H2. The second kappa shape index (κ2) is 3.19. The first-order valence-corrected chi connectivity index (χ1v) is 3.24. The molecule has 0 radical (unpaired) electrons. The van der Waals surface area contributed by atoms with Crippen LogP contribution in [0.25, 0.3) is 0 Å². The quantitative estimate of drug-likeness (QED) is 0.396. The number of nitrogens with zero attached hydrogens (tertiary/aromatic N) is 1. The molecule has 0 fully saturated rings. The molecule has 0 unspecified atom stereocenters. The van der Waals surface area contributed by atoms with E-state index in [0.29, 0.717) is 16.4 Å². The number of carbonyl (C=O) groups excluding carboxylic acids is 1. The molecular formula is C7H5ClN2O. The number of isocyanates is 1. The van der Waals surface area contributed by atoms with Crippen LogP contribution in [-0.4, -0.2) is 6.08 Å². The van der Waals surface area contributed by atoms with E-state index in [4.69, 9.17) is 17.3 Å². The number of anilines is 1. The lowest BCUT2D eigenvalue weighted by molar-refractivity contribution is 0.565. The zero-order chi connectivity index (χ0) is 8.27. The number of halogens is 1. The van der Waals surface area contributed by atoms with Gasteiger partial charge >= 0.3 is 0 Å². The molecule has 0 amide bonds. The van der Waals surface area contributed by atoms with Crippen LogP contribution >= 0.6 is 11.6 Å². The van der Waals surface area contributed by atoms with Crippen LogP contribution in [0, 0.1) is 0 Å². The van der Waals surface area contributed by atoms with E-state index < -0.39 is 0 Å². The minimum Gasteiger partial charge on any atom is -0.398 e. The number of aliphatic imine (C=N–C) groups is 1. The number of rotatable bonds is 1. The highest BCUT2D eigenvalue weighted by atomic mass is 35.5. The first kappa shape index (κ1) is 7.79. The van der Waals surface area contributed by atoms with E-state index in [0.717, 1.165) is 0 Å². The van der Waals surface area contributed by atoms with Crippen molar-refractivity contribution in [1.82, 2.24) is 0 Å². The highest BCUT2D eigenvalue weighted by Crippen LogP contribution is 2.23. The van der Waals surface area contributed by atoms with Crippen molar-refractivity contribution in [2.75, 3.05) is 5.73 Å². The van der Waals surface area contributed by atoms with Gasteiger partial charge in [0, 0.05) is 0 Å². The maximum absolute atomic E-state index is 9.80. The Labute approximate surface area is 68.5 Å². The summed E-state index contributed by atoms with van der Waals surface area (Å²) in [6.07, 6.45) is 1.41. The summed E-state index contributed by atoms with van der Waals surface area (Å²) in [7, 11) is 0. The summed E-state index contributed by atoms with van der Waals surface area (Å²) in [5.41, 5.74) is 6.34. The lowest BCUT2D eigenvalue weighted by Crippen LogP contribution is -1.83. The Bertz CT molecular complexity index is 318. The highest BCUT2D eigenvalue weighted by molar-refractivity contribution is 6.33. The van der Waals surface area contributed by atoms with Gasteiger partial charge in [-0.05, 0) is 18.2 Å². The molecule has 0 bridgehead atoms. The zero-order valence-electron chi connectivity index (χ0n) is 5.54. The molecule has 4 heteroatoms. The molecule has 2 N–H and O–H groups in total. The molecule has 1 aromatic carbocycles.